The fourth-order valence-electron chi connectivity index (χ4n) is 4.02. The van der Waals surface area contributed by atoms with Gasteiger partial charge < -0.3 is 10.2 Å². The molecule has 2 aliphatic carbocycles. The molecule has 18 heavy (non-hydrogen) atoms. The summed E-state index contributed by atoms with van der Waals surface area (Å²) in [5, 5.41) is 3.61. The van der Waals surface area contributed by atoms with Gasteiger partial charge in [-0.05, 0) is 30.4 Å². The first-order chi connectivity index (χ1) is 8.43. The van der Waals surface area contributed by atoms with E-state index < -0.39 is 0 Å². The average Bonchev–Trinajstić information content (AvgIpc) is 2.73. The molecule has 0 aromatic rings. The zero-order valence-electron chi connectivity index (χ0n) is 10.7. The number of nitrogens with zero attached hydrogens (tertiary/aromatic N) is 1. The van der Waals surface area contributed by atoms with Crippen molar-refractivity contribution < 1.29 is 0 Å². The number of fused-ring (bicyclic) bond motifs is 2. The molecule has 4 rings (SSSR count). The quantitative estimate of drug-likeness (QED) is 0.723. The first-order valence-corrected chi connectivity index (χ1v) is 7.01. The Morgan fingerprint density at radius 1 is 1.33 bits per heavy atom. The van der Waals surface area contributed by atoms with Gasteiger partial charge in [0.05, 0.1) is 0 Å². The highest BCUT2D eigenvalue weighted by atomic mass is 35.5. The molecule has 1 N–H and O–H groups in total. The smallest absolute Gasteiger partial charge is 0.0300 e. The van der Waals surface area contributed by atoms with Crippen molar-refractivity contribution in [1.29, 1.82) is 0 Å². The third-order valence-corrected chi connectivity index (χ3v) is 4.75. The fourth-order valence-corrected chi connectivity index (χ4v) is 4.02. The van der Waals surface area contributed by atoms with Crippen LogP contribution in [0.4, 0.5) is 0 Å². The molecular weight excluding hydrogens is 244 g/mol. The van der Waals surface area contributed by atoms with Gasteiger partial charge in [0.2, 0.25) is 0 Å². The molecule has 4 aliphatic rings. The van der Waals surface area contributed by atoms with Gasteiger partial charge in [-0.3, -0.25) is 0 Å². The Bertz CT molecular complexity index is 436. The Hall–Kier alpha value is -0.730. The maximum Gasteiger partial charge on any atom is 0.0300 e. The van der Waals surface area contributed by atoms with E-state index in [9.17, 15) is 0 Å². The predicted molar refractivity (Wildman–Crippen MR) is 76.8 cm³/mol. The van der Waals surface area contributed by atoms with E-state index in [4.69, 9.17) is 0 Å². The average molecular weight is 265 g/mol. The van der Waals surface area contributed by atoms with Crippen LogP contribution >= 0.6 is 12.4 Å². The molecule has 2 heterocycles. The van der Waals surface area contributed by atoms with Crippen LogP contribution in [0.25, 0.3) is 0 Å². The minimum atomic E-state index is 0. The van der Waals surface area contributed by atoms with E-state index in [0.29, 0.717) is 5.92 Å². The molecule has 0 saturated carbocycles. The largest absolute Gasteiger partial charge is 0.372 e. The molecule has 98 valence electrons. The van der Waals surface area contributed by atoms with Crippen LogP contribution in [-0.4, -0.2) is 31.1 Å². The molecule has 2 nitrogen and oxygen atoms in total. The summed E-state index contributed by atoms with van der Waals surface area (Å²) in [5.74, 6) is 1.47. The van der Waals surface area contributed by atoms with Crippen molar-refractivity contribution in [1.82, 2.24) is 10.2 Å². The molecule has 0 amide bonds. The standard InChI is InChI=1S/C15H20N2.ClH/c1-3-11-9-16-7-8-17-10-12-4-2-5-13(12)14(6-1)15(11)17;/h2,4-5,11-12,16H,1,3,6-10H2;1H. The van der Waals surface area contributed by atoms with Gasteiger partial charge in [-0.2, -0.15) is 0 Å². The first kappa shape index (κ1) is 12.3. The van der Waals surface area contributed by atoms with Gasteiger partial charge in [-0.1, -0.05) is 18.2 Å². The molecule has 2 aliphatic heterocycles. The van der Waals surface area contributed by atoms with Gasteiger partial charge in [0, 0.05) is 43.7 Å². The van der Waals surface area contributed by atoms with Crippen molar-refractivity contribution in [3.05, 3.63) is 35.1 Å². The van der Waals surface area contributed by atoms with Gasteiger partial charge >= 0.3 is 0 Å². The number of rotatable bonds is 0. The Morgan fingerprint density at radius 3 is 3.22 bits per heavy atom. The topological polar surface area (TPSA) is 15.3 Å². The number of halogens is 1. The van der Waals surface area contributed by atoms with Crippen molar-refractivity contribution in [2.75, 3.05) is 26.2 Å². The minimum absolute atomic E-state index is 0. The number of nitrogens with one attached hydrogen (secondary N) is 1. The lowest BCUT2D eigenvalue weighted by atomic mass is 9.77. The van der Waals surface area contributed by atoms with Gasteiger partial charge in [0.25, 0.3) is 0 Å². The molecule has 0 aromatic carbocycles. The summed E-state index contributed by atoms with van der Waals surface area (Å²) in [4.78, 5) is 2.68. The van der Waals surface area contributed by atoms with Gasteiger partial charge in [0.15, 0.2) is 0 Å². The van der Waals surface area contributed by atoms with E-state index >= 15 is 0 Å². The molecule has 2 atom stereocenters. The van der Waals surface area contributed by atoms with E-state index in [0.717, 1.165) is 12.5 Å². The molecule has 0 radical (unpaired) electrons. The second-order valence-corrected chi connectivity index (χ2v) is 5.72. The predicted octanol–water partition coefficient (Wildman–Crippen LogP) is 2.49. The third kappa shape index (κ3) is 1.74. The fraction of sp³-hybridized carbons (Fsp3) is 0.600. The highest BCUT2D eigenvalue weighted by Gasteiger charge is 2.37. The highest BCUT2D eigenvalue weighted by molar-refractivity contribution is 5.85. The Balaban J connectivity index is 0.000001000. The highest BCUT2D eigenvalue weighted by Crippen LogP contribution is 2.44. The van der Waals surface area contributed by atoms with Gasteiger partial charge in [0.1, 0.15) is 0 Å². The lowest BCUT2D eigenvalue weighted by Gasteiger charge is -2.42. The molecule has 0 bridgehead atoms. The van der Waals surface area contributed by atoms with Crippen LogP contribution in [0.2, 0.25) is 0 Å². The van der Waals surface area contributed by atoms with Crippen LogP contribution in [0.15, 0.2) is 35.1 Å². The van der Waals surface area contributed by atoms with Crippen molar-refractivity contribution in [3.8, 4) is 0 Å². The van der Waals surface area contributed by atoms with Crippen LogP contribution in [0.3, 0.4) is 0 Å². The summed E-state index contributed by atoms with van der Waals surface area (Å²) >= 11 is 0. The molecule has 0 spiro atoms. The van der Waals surface area contributed by atoms with Crippen LogP contribution in [-0.2, 0) is 0 Å². The van der Waals surface area contributed by atoms with Gasteiger partial charge in [-0.25, -0.2) is 0 Å². The lowest BCUT2D eigenvalue weighted by Crippen LogP contribution is -2.39. The third-order valence-electron chi connectivity index (χ3n) is 4.75. The summed E-state index contributed by atoms with van der Waals surface area (Å²) in [6.45, 7) is 4.77. The molecular formula is C15H21ClN2. The van der Waals surface area contributed by atoms with E-state index in [1.165, 1.54) is 38.9 Å². The summed E-state index contributed by atoms with van der Waals surface area (Å²) in [6.07, 6.45) is 11.1. The molecule has 0 aromatic heterocycles. The van der Waals surface area contributed by atoms with Crippen molar-refractivity contribution in [2.45, 2.75) is 19.3 Å². The summed E-state index contributed by atoms with van der Waals surface area (Å²) in [5.41, 5.74) is 5.04. The Labute approximate surface area is 115 Å². The maximum absolute atomic E-state index is 3.61. The second kappa shape index (κ2) is 4.75. The number of hydrogen-bond donors (Lipinski definition) is 1. The monoisotopic (exact) mass is 264 g/mol. The second-order valence-electron chi connectivity index (χ2n) is 5.72. The summed E-state index contributed by atoms with van der Waals surface area (Å²) in [7, 11) is 0. The van der Waals surface area contributed by atoms with E-state index in [1.54, 1.807) is 16.8 Å². The van der Waals surface area contributed by atoms with Crippen molar-refractivity contribution in [3.63, 3.8) is 0 Å². The Kier molecular flexibility index (Phi) is 3.25. The van der Waals surface area contributed by atoms with Crippen LogP contribution in [0.5, 0.6) is 0 Å². The molecule has 2 unspecified atom stereocenters. The maximum atomic E-state index is 3.61. The Morgan fingerprint density at radius 2 is 2.28 bits per heavy atom. The summed E-state index contributed by atoms with van der Waals surface area (Å²) < 4.78 is 0. The molecule has 1 fully saturated rings. The van der Waals surface area contributed by atoms with Crippen molar-refractivity contribution in [2.24, 2.45) is 11.8 Å². The molecule has 3 heteroatoms. The van der Waals surface area contributed by atoms with Crippen molar-refractivity contribution >= 4 is 12.4 Å². The zero-order chi connectivity index (χ0) is 11.2. The SMILES string of the molecule is C1=CC2CN3CCNCC4CCCC(=C43)C2=C1.Cl. The minimum Gasteiger partial charge on any atom is -0.372 e. The van der Waals surface area contributed by atoms with Crippen LogP contribution in [0, 0.1) is 11.8 Å². The zero-order valence-corrected chi connectivity index (χ0v) is 11.5. The number of hydrogen-bond acceptors (Lipinski definition) is 2. The first-order valence-electron chi connectivity index (χ1n) is 7.01. The molecule has 1 saturated heterocycles. The lowest BCUT2D eigenvalue weighted by molar-refractivity contribution is 0.274. The van der Waals surface area contributed by atoms with E-state index in [2.05, 4.69) is 28.4 Å². The van der Waals surface area contributed by atoms with Crippen LogP contribution in [0.1, 0.15) is 19.3 Å². The van der Waals surface area contributed by atoms with Gasteiger partial charge in [-0.15, -0.1) is 12.4 Å². The summed E-state index contributed by atoms with van der Waals surface area (Å²) in [6, 6.07) is 0. The van der Waals surface area contributed by atoms with E-state index in [-0.39, 0.29) is 12.4 Å². The van der Waals surface area contributed by atoms with Crippen LogP contribution < -0.4 is 5.32 Å². The number of allylic oxidation sites excluding steroid dienone is 3. The normalized spacial score (nSPS) is 33.3. The van der Waals surface area contributed by atoms with E-state index in [1.807, 2.05) is 0 Å².